The number of nitrogens with zero attached hydrogens (tertiary/aromatic N) is 4. The molecule has 2 unspecified atom stereocenters. The summed E-state index contributed by atoms with van der Waals surface area (Å²) in [6.07, 6.45) is 3.62. The van der Waals surface area contributed by atoms with E-state index in [1.165, 1.54) is 0 Å². The third-order valence-electron chi connectivity index (χ3n) is 3.79. The molecule has 0 aromatic heterocycles. The molecule has 0 aromatic carbocycles. The summed E-state index contributed by atoms with van der Waals surface area (Å²) in [5.41, 5.74) is 5.69. The molecule has 0 bridgehead atoms. The lowest BCUT2D eigenvalue weighted by Crippen LogP contribution is -2.52. The van der Waals surface area contributed by atoms with Gasteiger partial charge in [-0.15, -0.1) is 0 Å². The number of rotatable bonds is 2. The van der Waals surface area contributed by atoms with Crippen molar-refractivity contribution in [2.75, 3.05) is 13.7 Å². The summed E-state index contributed by atoms with van der Waals surface area (Å²) in [7, 11) is 1.57. The molecule has 2 aliphatic heterocycles. The van der Waals surface area contributed by atoms with Crippen LogP contribution in [0.1, 0.15) is 12.8 Å². The Hall–Kier alpha value is -1.63. The molecule has 3 N–H and O–H groups in total. The smallest absolute Gasteiger partial charge is 0.220 e. The number of fused-ring (bicyclic) bond motifs is 1. The lowest BCUT2D eigenvalue weighted by molar-refractivity contribution is 0.0707. The van der Waals surface area contributed by atoms with E-state index < -0.39 is 0 Å². The molecule has 2 atom stereocenters. The molecule has 0 amide bonds. The van der Waals surface area contributed by atoms with E-state index >= 15 is 0 Å². The molecule has 0 spiro atoms. The number of nitrogens with two attached hydrogens (primary N) is 1. The van der Waals surface area contributed by atoms with Crippen LogP contribution in [0.2, 0.25) is 0 Å². The number of methoxy groups -OCH3 is 1. The van der Waals surface area contributed by atoms with Gasteiger partial charge in [-0.2, -0.15) is 4.99 Å². The van der Waals surface area contributed by atoms with Gasteiger partial charge in [0.25, 0.3) is 0 Å². The fraction of sp³-hybridized carbons (Fsp3) is 0.727. The Balaban J connectivity index is 1.74. The van der Waals surface area contributed by atoms with Crippen LogP contribution in [0.25, 0.3) is 0 Å². The van der Waals surface area contributed by atoms with Crippen molar-refractivity contribution in [2.24, 2.45) is 26.6 Å². The first-order valence-corrected chi connectivity index (χ1v) is 6.10. The molecule has 0 aromatic rings. The average Bonchev–Trinajstić information content (AvgIpc) is 2.71. The topological polar surface area (TPSA) is 95.8 Å². The zero-order valence-corrected chi connectivity index (χ0v) is 10.2. The molecule has 2 heterocycles. The number of aliphatic hydroxyl groups is 1. The van der Waals surface area contributed by atoms with Gasteiger partial charge >= 0.3 is 0 Å². The summed E-state index contributed by atoms with van der Waals surface area (Å²) in [4.78, 5) is 14.9. The fourth-order valence-electron chi connectivity index (χ4n) is 2.70. The Morgan fingerprint density at radius 2 is 2.33 bits per heavy atom. The summed E-state index contributed by atoms with van der Waals surface area (Å²) < 4.78 is 5.21. The van der Waals surface area contributed by atoms with Gasteiger partial charge in [-0.25, -0.2) is 4.99 Å². The first-order valence-electron chi connectivity index (χ1n) is 6.10. The van der Waals surface area contributed by atoms with Gasteiger partial charge in [-0.05, 0) is 18.8 Å². The molecule has 3 aliphatic rings. The molecule has 18 heavy (non-hydrogen) atoms. The number of ether oxygens (including phenoxy) is 1. The van der Waals surface area contributed by atoms with E-state index in [-0.39, 0.29) is 24.8 Å². The summed E-state index contributed by atoms with van der Waals surface area (Å²) in [5.74, 6) is 1.16. The lowest BCUT2D eigenvalue weighted by atomic mass is 9.80. The van der Waals surface area contributed by atoms with Crippen molar-refractivity contribution in [1.82, 2.24) is 4.90 Å². The molecule has 7 heteroatoms. The number of guanidine groups is 1. The maximum absolute atomic E-state index is 9.06. The average molecular weight is 251 g/mol. The molecule has 1 aliphatic carbocycles. The molecular formula is C11H17N5O2. The van der Waals surface area contributed by atoms with Gasteiger partial charge in [-0.3, -0.25) is 4.99 Å². The van der Waals surface area contributed by atoms with Gasteiger partial charge in [-0.1, -0.05) is 0 Å². The van der Waals surface area contributed by atoms with Crippen LogP contribution in [-0.2, 0) is 4.74 Å². The van der Waals surface area contributed by atoms with Gasteiger partial charge < -0.3 is 20.5 Å². The van der Waals surface area contributed by atoms with Crippen molar-refractivity contribution in [3.63, 3.8) is 0 Å². The zero-order chi connectivity index (χ0) is 12.7. The van der Waals surface area contributed by atoms with Crippen molar-refractivity contribution >= 4 is 18.2 Å². The van der Waals surface area contributed by atoms with Crippen LogP contribution in [0.15, 0.2) is 15.0 Å². The molecule has 0 radical (unpaired) electrons. The first-order chi connectivity index (χ1) is 8.72. The number of hydrogen-bond acceptors (Lipinski definition) is 7. The highest BCUT2D eigenvalue weighted by Gasteiger charge is 2.44. The Morgan fingerprint density at radius 1 is 1.56 bits per heavy atom. The van der Waals surface area contributed by atoms with Gasteiger partial charge in [0.05, 0.1) is 13.4 Å². The SMILES string of the molecule is COC1=NC(N)=NC2C1N=CN2C1CC(CO)C1. The van der Waals surface area contributed by atoms with Crippen LogP contribution in [0.4, 0.5) is 0 Å². The summed E-state index contributed by atoms with van der Waals surface area (Å²) >= 11 is 0. The molecule has 1 fully saturated rings. The lowest BCUT2D eigenvalue weighted by Gasteiger charge is -2.42. The van der Waals surface area contributed by atoms with E-state index in [1.807, 2.05) is 6.34 Å². The van der Waals surface area contributed by atoms with Crippen LogP contribution in [-0.4, -0.2) is 60.2 Å². The normalized spacial score (nSPS) is 37.8. The Morgan fingerprint density at radius 3 is 3.00 bits per heavy atom. The van der Waals surface area contributed by atoms with Crippen LogP contribution in [0.3, 0.4) is 0 Å². The van der Waals surface area contributed by atoms with E-state index in [2.05, 4.69) is 19.9 Å². The third kappa shape index (κ3) is 1.66. The first kappa shape index (κ1) is 11.5. The monoisotopic (exact) mass is 251 g/mol. The zero-order valence-electron chi connectivity index (χ0n) is 10.2. The van der Waals surface area contributed by atoms with Gasteiger partial charge in [0.15, 0.2) is 12.2 Å². The third-order valence-corrected chi connectivity index (χ3v) is 3.79. The standard InChI is InChI=1S/C11H17N5O2/c1-18-10-8-9(14-11(12)15-10)16(5-13-8)7-2-6(3-7)4-17/h5-9,17H,2-4H2,1H3,(H2,12,14). The second-order valence-corrected chi connectivity index (χ2v) is 4.89. The number of aliphatic hydroxyl groups excluding tert-OH is 1. The Labute approximate surface area is 105 Å². The minimum atomic E-state index is -0.185. The van der Waals surface area contributed by atoms with Crippen molar-refractivity contribution in [3.8, 4) is 0 Å². The molecule has 98 valence electrons. The fourth-order valence-corrected chi connectivity index (χ4v) is 2.70. The number of aliphatic imine (C=N–C) groups is 3. The summed E-state index contributed by atoms with van der Waals surface area (Å²) in [6, 6.07) is 0.198. The van der Waals surface area contributed by atoms with E-state index in [0.29, 0.717) is 17.9 Å². The van der Waals surface area contributed by atoms with Gasteiger partial charge in [0.2, 0.25) is 11.9 Å². The molecule has 3 rings (SSSR count). The highest BCUT2D eigenvalue weighted by atomic mass is 16.5. The molecular weight excluding hydrogens is 234 g/mol. The summed E-state index contributed by atoms with van der Waals surface area (Å²) in [6.45, 7) is 0.256. The van der Waals surface area contributed by atoms with Crippen molar-refractivity contribution in [3.05, 3.63) is 0 Å². The molecule has 0 saturated heterocycles. The van der Waals surface area contributed by atoms with Crippen LogP contribution in [0.5, 0.6) is 0 Å². The second-order valence-electron chi connectivity index (χ2n) is 4.89. The van der Waals surface area contributed by atoms with E-state index in [1.54, 1.807) is 7.11 Å². The van der Waals surface area contributed by atoms with Crippen molar-refractivity contribution in [1.29, 1.82) is 0 Å². The quantitative estimate of drug-likeness (QED) is 0.669. The van der Waals surface area contributed by atoms with Crippen molar-refractivity contribution < 1.29 is 9.84 Å². The Bertz CT molecular complexity index is 427. The van der Waals surface area contributed by atoms with Gasteiger partial charge in [0, 0.05) is 12.6 Å². The second kappa shape index (κ2) is 4.24. The summed E-state index contributed by atoms with van der Waals surface area (Å²) in [5, 5.41) is 9.06. The highest BCUT2D eigenvalue weighted by Crippen LogP contribution is 2.35. The van der Waals surface area contributed by atoms with Gasteiger partial charge in [0.1, 0.15) is 0 Å². The predicted octanol–water partition coefficient (Wildman–Crippen LogP) is -0.831. The van der Waals surface area contributed by atoms with Crippen molar-refractivity contribution in [2.45, 2.75) is 31.1 Å². The predicted molar refractivity (Wildman–Crippen MR) is 67.6 cm³/mol. The minimum Gasteiger partial charge on any atom is -0.482 e. The Kier molecular flexibility index (Phi) is 2.70. The number of hydrogen-bond donors (Lipinski definition) is 2. The largest absolute Gasteiger partial charge is 0.482 e. The molecule has 1 saturated carbocycles. The van der Waals surface area contributed by atoms with E-state index in [9.17, 15) is 0 Å². The molecule has 7 nitrogen and oxygen atoms in total. The van der Waals surface area contributed by atoms with Crippen LogP contribution < -0.4 is 5.73 Å². The van der Waals surface area contributed by atoms with E-state index in [0.717, 1.165) is 12.8 Å². The minimum absolute atomic E-state index is 0.137. The van der Waals surface area contributed by atoms with Crippen LogP contribution >= 0.6 is 0 Å². The maximum atomic E-state index is 9.06. The van der Waals surface area contributed by atoms with Crippen LogP contribution in [0, 0.1) is 5.92 Å². The highest BCUT2D eigenvalue weighted by molar-refractivity contribution is 5.99. The maximum Gasteiger partial charge on any atom is 0.220 e. The van der Waals surface area contributed by atoms with E-state index in [4.69, 9.17) is 15.6 Å².